The summed E-state index contributed by atoms with van der Waals surface area (Å²) in [5.74, 6) is -14.0. The number of carboxylic acid groups (broad SMARTS) is 7. The number of carbonyl (C=O) groups excluding carboxylic acids is 7. The standard InChI is InChI=1S/C66H108FN14O26P3S/c1-65(2,3)111(67,66(4,5)6)45-17-15-43(16-18-45)58(92)71-38-50(81-39-44(76-77-81)37-70-53(84)24-35-109(104,105)41-79-30-28-78(40-108(103)34-23-56(88)89)29-31-80(33-32-79)42-110(106,107)36-25-57(90)91)59(93)73-47(61(96)97)11-7-8-26-68-51(82)21-22-52(83)69-27-10-13-46(60(94)95)72-54(85)20-19-49(63(100)101)75-64(102)74-48(62(98)99)12-9-14-55(86)87/h15-18,39,46-50,103H,7-14,19-38,40-42H2,1-6H3,(H,68,82)(H,69,83)(H,70,84)(H,71,92)(H,72,85)(H,73,93)(H,86,87)(H,88,89)(H,90,91)(H,94,95)(H,96,97)(H,98,99)(H,100,101)(H,104,105)(H,106,107)(H2,74,75,102)/t46-,47+,48-,49-,50-,108?/m0/s1. The third kappa shape index (κ3) is 36.8. The van der Waals surface area contributed by atoms with Gasteiger partial charge in [-0.25, -0.2) is 28.7 Å². The number of benzene rings is 1. The molecule has 3 rings (SSSR count). The molecule has 1 aromatic heterocycles. The fourth-order valence-electron chi connectivity index (χ4n) is 11.6. The van der Waals surface area contributed by atoms with Crippen LogP contribution >= 0.6 is 33.3 Å². The van der Waals surface area contributed by atoms with Crippen LogP contribution in [0.1, 0.15) is 160 Å². The summed E-state index contributed by atoms with van der Waals surface area (Å²) in [7, 11) is -12.9. The van der Waals surface area contributed by atoms with Crippen LogP contribution < -0.4 is 42.5 Å². The van der Waals surface area contributed by atoms with Crippen molar-refractivity contribution in [3.63, 3.8) is 0 Å². The second kappa shape index (κ2) is 46.6. The van der Waals surface area contributed by atoms with Crippen molar-refractivity contribution in [2.24, 2.45) is 0 Å². The van der Waals surface area contributed by atoms with Crippen molar-refractivity contribution < 1.29 is 131 Å². The van der Waals surface area contributed by atoms with Crippen molar-refractivity contribution in [3.8, 4) is 0 Å². The van der Waals surface area contributed by atoms with Crippen molar-refractivity contribution in [2.75, 3.05) is 96.2 Å². The number of halogens is 1. The van der Waals surface area contributed by atoms with Gasteiger partial charge in [-0.15, -0.1) is 5.10 Å². The Kier molecular flexibility index (Phi) is 40.7. The topological polar surface area (TPSA) is 612 Å². The fraction of sp³-hybridized carbons (Fsp3) is 0.667. The molecule has 1 aliphatic rings. The van der Waals surface area contributed by atoms with Gasteiger partial charge in [-0.05, 0) is 117 Å². The summed E-state index contributed by atoms with van der Waals surface area (Å²) in [5, 5.41) is 93.1. The lowest BCUT2D eigenvalue weighted by Gasteiger charge is -2.52. The van der Waals surface area contributed by atoms with E-state index in [9.17, 15) is 111 Å². The average Bonchev–Trinajstić information content (AvgIpc) is 0.812. The van der Waals surface area contributed by atoms with E-state index in [1.54, 1.807) is 56.2 Å². The highest BCUT2D eigenvalue weighted by atomic mass is 32.3. The number of unbranched alkanes of at least 4 members (excludes halogenated alkanes) is 1. The van der Waals surface area contributed by atoms with Gasteiger partial charge >= 0.3 is 47.8 Å². The number of carboxylic acids is 7. The monoisotopic (exact) mass is 1660 g/mol. The number of rotatable bonds is 50. The van der Waals surface area contributed by atoms with Crippen molar-refractivity contribution in [1.29, 1.82) is 0 Å². The Labute approximate surface area is 643 Å². The van der Waals surface area contributed by atoms with Crippen molar-refractivity contribution >= 4 is 117 Å². The molecule has 40 nitrogen and oxygen atoms in total. The Balaban J connectivity index is 1.63. The number of hydrogen-bond donors (Lipinski definition) is 18. The highest BCUT2D eigenvalue weighted by Gasteiger charge is 2.48. The highest BCUT2D eigenvalue weighted by molar-refractivity contribution is 8.31. The predicted octanol–water partition coefficient (Wildman–Crippen LogP) is 1.91. The first-order valence-electron chi connectivity index (χ1n) is 35.8. The molecule has 1 aromatic carbocycles. The van der Waals surface area contributed by atoms with Gasteiger partial charge in [-0.2, -0.15) is 3.89 Å². The predicted molar refractivity (Wildman–Crippen MR) is 401 cm³/mol. The summed E-state index contributed by atoms with van der Waals surface area (Å²) in [5.41, 5.74) is 0.134. The molecule has 0 radical (unpaired) electrons. The number of hydrogen-bond acceptors (Lipinski definition) is 22. The van der Waals surface area contributed by atoms with Gasteiger partial charge in [-0.3, -0.25) is 67.0 Å². The van der Waals surface area contributed by atoms with Crippen LogP contribution in [0.2, 0.25) is 0 Å². The SMILES string of the molecule is CC(C)(C)S(F)(c1ccc(C(=O)NC[C@@H](C(=O)N[C@H](CCCCNC(=O)CCC(=O)NCCC[C@H](NC(=O)CC[C@H](NC(=O)N[C@@H](CCCC(=O)O)C(=O)O)C(=O)O)C(=O)O)C(=O)O)n2cc(CNC(=O)CCP(=O)(O)CN3CCN(CP(O)CCC(=O)O)CCN(CP(=O)(O)CCC(=O)O)CC3)nn2)cc1)C(C)(C)C. The molecular weight excluding hydrogens is 1550 g/mol. The number of nitrogens with one attached hydrogen (secondary N) is 8. The molecule has 45 heteroatoms. The van der Waals surface area contributed by atoms with E-state index in [4.69, 9.17) is 15.3 Å². The second-order valence-corrected chi connectivity index (χ2v) is 39.2. The lowest BCUT2D eigenvalue weighted by atomic mass is 10.1. The van der Waals surface area contributed by atoms with E-state index in [0.717, 1.165) is 4.68 Å². The lowest BCUT2D eigenvalue weighted by Crippen LogP contribution is -2.51. The van der Waals surface area contributed by atoms with E-state index in [2.05, 4.69) is 42.2 Å². The van der Waals surface area contributed by atoms with Gasteiger partial charge in [0.25, 0.3) is 5.91 Å². The summed E-state index contributed by atoms with van der Waals surface area (Å²) >= 11 is 0. The van der Waals surface area contributed by atoms with Gasteiger partial charge < -0.3 is 93.0 Å². The van der Waals surface area contributed by atoms with Crippen LogP contribution in [-0.4, -0.2) is 293 Å². The van der Waals surface area contributed by atoms with Crippen LogP contribution in [0.3, 0.4) is 0 Å². The first kappa shape index (κ1) is 96.9. The Morgan fingerprint density at radius 3 is 1.48 bits per heavy atom. The van der Waals surface area contributed by atoms with Crippen LogP contribution in [0.4, 0.5) is 8.68 Å². The number of carbonyl (C=O) groups is 14. The molecular formula is C66H108FN14O26P3S. The Morgan fingerprint density at radius 2 is 0.973 bits per heavy atom. The number of aliphatic carboxylic acids is 7. The molecule has 1 saturated heterocycles. The molecule has 0 spiro atoms. The van der Waals surface area contributed by atoms with E-state index < -0.39 is 207 Å². The van der Waals surface area contributed by atoms with Crippen molar-refractivity contribution in [2.45, 2.75) is 189 Å². The first-order chi connectivity index (χ1) is 51.7. The molecule has 8 amide bonds. The van der Waals surface area contributed by atoms with Gasteiger partial charge in [0, 0.05) is 144 Å². The molecule has 2 aromatic rings. The van der Waals surface area contributed by atoms with Crippen LogP contribution in [0.25, 0.3) is 0 Å². The zero-order chi connectivity index (χ0) is 83.6. The molecule has 18 N–H and O–H groups in total. The maximum absolute atomic E-state index is 17.1. The quantitative estimate of drug-likeness (QED) is 0.0332. The third-order valence-corrected chi connectivity index (χ3v) is 26.7. The van der Waals surface area contributed by atoms with Crippen LogP contribution in [0.5, 0.6) is 0 Å². The van der Waals surface area contributed by atoms with Crippen LogP contribution in [-0.2, 0) is 73.2 Å². The van der Waals surface area contributed by atoms with Crippen molar-refractivity contribution in [3.05, 3.63) is 41.7 Å². The smallest absolute Gasteiger partial charge is 0.326 e. The van der Waals surface area contributed by atoms with E-state index in [0.29, 0.717) is 4.90 Å². The molecule has 626 valence electrons. The number of nitrogens with zero attached hydrogens (tertiary/aromatic N) is 6. The van der Waals surface area contributed by atoms with E-state index in [1.807, 2.05) is 10.6 Å². The normalized spacial score (nSPS) is 16.2. The molecule has 3 unspecified atom stereocenters. The Morgan fingerprint density at radius 1 is 0.523 bits per heavy atom. The molecule has 111 heavy (non-hydrogen) atoms. The molecule has 1 aliphatic heterocycles. The van der Waals surface area contributed by atoms with Gasteiger partial charge in [0.1, 0.15) is 35.9 Å². The molecule has 0 bridgehead atoms. The highest BCUT2D eigenvalue weighted by Crippen LogP contribution is 2.74. The molecule has 1 fully saturated rings. The minimum absolute atomic E-state index is 0.00179. The largest absolute Gasteiger partial charge is 0.481 e. The van der Waals surface area contributed by atoms with Gasteiger partial charge in [0.2, 0.25) is 44.3 Å². The third-order valence-electron chi connectivity index (χ3n) is 17.4. The average molecular weight is 1660 g/mol. The van der Waals surface area contributed by atoms with E-state index in [-0.39, 0.29) is 160 Å². The summed E-state index contributed by atoms with van der Waals surface area (Å²) in [4.78, 5) is 211. The maximum Gasteiger partial charge on any atom is 0.326 e. The number of urea groups is 1. The Hall–Kier alpha value is -8.33. The number of aromatic nitrogens is 3. The van der Waals surface area contributed by atoms with Crippen LogP contribution in [0.15, 0.2) is 35.4 Å². The van der Waals surface area contributed by atoms with E-state index in [1.165, 1.54) is 30.5 Å². The minimum atomic E-state index is -4.15. The van der Waals surface area contributed by atoms with Gasteiger partial charge in [-0.1, -0.05) is 15.6 Å². The Bertz CT molecular complexity index is 3610. The number of amides is 8. The van der Waals surface area contributed by atoms with Crippen molar-refractivity contribution in [1.82, 2.24) is 72.2 Å². The summed E-state index contributed by atoms with van der Waals surface area (Å²) in [6.45, 7) is 10.9. The fourth-order valence-corrected chi connectivity index (χ4v) is 19.9. The zero-order valence-electron chi connectivity index (χ0n) is 63.0. The molecule has 0 saturated carbocycles. The van der Waals surface area contributed by atoms with Gasteiger partial charge in [0.05, 0.1) is 38.2 Å². The molecule has 0 aliphatic carbocycles. The zero-order valence-corrected chi connectivity index (χ0v) is 66.5. The molecule has 2 heterocycles. The summed E-state index contributed by atoms with van der Waals surface area (Å²) < 4.78 is 43.4. The second-order valence-electron chi connectivity index (χ2n) is 28.6. The molecule has 8 atom stereocenters. The lowest BCUT2D eigenvalue weighted by molar-refractivity contribution is -0.142. The minimum Gasteiger partial charge on any atom is -0.481 e. The van der Waals surface area contributed by atoms with E-state index >= 15 is 3.89 Å². The van der Waals surface area contributed by atoms with Crippen LogP contribution in [0, 0.1) is 0 Å². The first-order valence-corrected chi connectivity index (χ1v) is 43.0. The maximum atomic E-state index is 17.1. The van der Waals surface area contributed by atoms with Gasteiger partial charge in [0.15, 0.2) is 0 Å². The summed E-state index contributed by atoms with van der Waals surface area (Å²) in [6.07, 6.45) is -4.39. The summed E-state index contributed by atoms with van der Waals surface area (Å²) in [6, 6.07) is -3.13.